The standard InChI is InChI=1S/C21H25NO9/c1-25-13-8-11(9-14(26-2)17(13)28-4)20(23)22-16-12(21(24)31-7)10-15(27-3)18(29-5)19(16)30-6/h8-10H,1-7H3,(H,22,23). The maximum atomic E-state index is 13.1. The normalized spacial score (nSPS) is 10.0. The zero-order valence-electron chi connectivity index (χ0n) is 18.4. The number of methoxy groups -OCH3 is 7. The van der Waals surface area contributed by atoms with E-state index >= 15 is 0 Å². The van der Waals surface area contributed by atoms with E-state index in [1.807, 2.05) is 0 Å². The molecule has 0 bridgehead atoms. The molecular formula is C21H25NO9. The molecule has 0 heterocycles. The van der Waals surface area contributed by atoms with Crippen LogP contribution in [0, 0.1) is 0 Å². The van der Waals surface area contributed by atoms with Crippen molar-refractivity contribution in [2.75, 3.05) is 55.1 Å². The van der Waals surface area contributed by atoms with Crippen LogP contribution < -0.4 is 33.7 Å². The highest BCUT2D eigenvalue weighted by Gasteiger charge is 2.27. The summed E-state index contributed by atoms with van der Waals surface area (Å²) in [5, 5.41) is 2.68. The van der Waals surface area contributed by atoms with Crippen LogP contribution in [0.5, 0.6) is 34.5 Å². The summed E-state index contributed by atoms with van der Waals surface area (Å²) in [6.07, 6.45) is 0. The SMILES string of the molecule is COC(=O)c1cc(OC)c(OC)c(OC)c1NC(=O)c1cc(OC)c(OC)c(OC)c1. The number of carbonyl (C=O) groups is 2. The molecule has 0 saturated heterocycles. The van der Waals surface area contributed by atoms with Gasteiger partial charge in [0.15, 0.2) is 23.0 Å². The lowest BCUT2D eigenvalue weighted by atomic mass is 10.1. The molecule has 0 fully saturated rings. The number of nitrogens with one attached hydrogen (secondary N) is 1. The van der Waals surface area contributed by atoms with E-state index in [4.69, 9.17) is 33.2 Å². The minimum Gasteiger partial charge on any atom is -0.493 e. The summed E-state index contributed by atoms with van der Waals surface area (Å²) in [7, 11) is 9.73. The van der Waals surface area contributed by atoms with Crippen molar-refractivity contribution >= 4 is 17.6 Å². The third-order valence-corrected chi connectivity index (χ3v) is 4.40. The van der Waals surface area contributed by atoms with Gasteiger partial charge in [-0.3, -0.25) is 4.79 Å². The molecule has 0 atom stereocenters. The molecule has 31 heavy (non-hydrogen) atoms. The van der Waals surface area contributed by atoms with Crippen molar-refractivity contribution in [3.8, 4) is 34.5 Å². The Bertz CT molecular complexity index is 947. The van der Waals surface area contributed by atoms with Gasteiger partial charge in [0.2, 0.25) is 11.5 Å². The van der Waals surface area contributed by atoms with Crippen molar-refractivity contribution in [3.63, 3.8) is 0 Å². The molecule has 1 N–H and O–H groups in total. The summed E-state index contributed by atoms with van der Waals surface area (Å²) in [6, 6.07) is 4.33. The van der Waals surface area contributed by atoms with Gasteiger partial charge in [-0.05, 0) is 12.1 Å². The molecule has 1 amide bonds. The molecule has 0 saturated carbocycles. The molecule has 0 spiro atoms. The third kappa shape index (κ3) is 4.52. The minimum absolute atomic E-state index is 0.0118. The highest BCUT2D eigenvalue weighted by atomic mass is 16.5. The number of amides is 1. The molecule has 10 nitrogen and oxygen atoms in total. The first kappa shape index (κ1) is 23.5. The fourth-order valence-electron chi connectivity index (χ4n) is 2.95. The number of hydrogen-bond donors (Lipinski definition) is 1. The first-order valence-electron chi connectivity index (χ1n) is 8.93. The van der Waals surface area contributed by atoms with Gasteiger partial charge < -0.3 is 38.5 Å². The second kappa shape index (κ2) is 10.3. The van der Waals surface area contributed by atoms with Gasteiger partial charge >= 0.3 is 5.97 Å². The molecule has 0 aromatic heterocycles. The van der Waals surface area contributed by atoms with E-state index in [0.717, 1.165) is 0 Å². The number of carbonyl (C=O) groups excluding carboxylic acids is 2. The van der Waals surface area contributed by atoms with Crippen LogP contribution in [-0.2, 0) is 4.74 Å². The maximum Gasteiger partial charge on any atom is 0.340 e. The summed E-state index contributed by atoms with van der Waals surface area (Å²) in [5.41, 5.74) is 0.241. The second-order valence-electron chi connectivity index (χ2n) is 5.93. The Morgan fingerprint density at radius 1 is 0.645 bits per heavy atom. The first-order chi connectivity index (χ1) is 14.9. The Labute approximate surface area is 179 Å². The van der Waals surface area contributed by atoms with Crippen molar-refractivity contribution in [2.24, 2.45) is 0 Å². The fraction of sp³-hybridized carbons (Fsp3) is 0.333. The van der Waals surface area contributed by atoms with Gasteiger partial charge in [-0.25, -0.2) is 4.79 Å². The molecule has 2 aromatic rings. The Morgan fingerprint density at radius 3 is 1.55 bits per heavy atom. The lowest BCUT2D eigenvalue weighted by Gasteiger charge is -2.19. The predicted molar refractivity (Wildman–Crippen MR) is 111 cm³/mol. The van der Waals surface area contributed by atoms with Crippen LogP contribution in [0.4, 0.5) is 5.69 Å². The first-order valence-corrected chi connectivity index (χ1v) is 8.93. The van der Waals surface area contributed by atoms with E-state index in [2.05, 4.69) is 5.32 Å². The molecule has 2 rings (SSSR count). The van der Waals surface area contributed by atoms with Crippen LogP contribution >= 0.6 is 0 Å². The summed E-state index contributed by atoms with van der Waals surface area (Å²) in [4.78, 5) is 25.5. The van der Waals surface area contributed by atoms with Crippen LogP contribution in [-0.4, -0.2) is 61.6 Å². The Balaban J connectivity index is 2.64. The number of benzene rings is 2. The Kier molecular flexibility index (Phi) is 7.78. The van der Waals surface area contributed by atoms with Crippen LogP contribution in [0.1, 0.15) is 20.7 Å². The van der Waals surface area contributed by atoms with Gasteiger partial charge in [-0.15, -0.1) is 0 Å². The van der Waals surface area contributed by atoms with Crippen molar-refractivity contribution in [1.82, 2.24) is 0 Å². The molecule has 0 aliphatic rings. The molecule has 0 unspecified atom stereocenters. The summed E-state index contributed by atoms with van der Waals surface area (Å²) >= 11 is 0. The highest BCUT2D eigenvalue weighted by Crippen LogP contribution is 2.46. The highest BCUT2D eigenvalue weighted by molar-refractivity contribution is 6.10. The summed E-state index contributed by atoms with van der Waals surface area (Å²) in [6.45, 7) is 0. The fourth-order valence-corrected chi connectivity index (χ4v) is 2.95. The van der Waals surface area contributed by atoms with Gasteiger partial charge in [0.1, 0.15) is 5.69 Å². The molecule has 0 radical (unpaired) electrons. The number of esters is 1. The average molecular weight is 435 g/mol. The van der Waals surface area contributed by atoms with Gasteiger partial charge in [-0.2, -0.15) is 0 Å². The molecule has 168 valence electrons. The van der Waals surface area contributed by atoms with E-state index in [-0.39, 0.29) is 34.1 Å². The monoisotopic (exact) mass is 435 g/mol. The van der Waals surface area contributed by atoms with Gasteiger partial charge in [0.05, 0.1) is 55.3 Å². The van der Waals surface area contributed by atoms with Crippen molar-refractivity contribution in [2.45, 2.75) is 0 Å². The number of anilines is 1. The van der Waals surface area contributed by atoms with Crippen molar-refractivity contribution in [1.29, 1.82) is 0 Å². The van der Waals surface area contributed by atoms with Gasteiger partial charge in [0.25, 0.3) is 5.91 Å². The van der Waals surface area contributed by atoms with Crippen LogP contribution in [0.25, 0.3) is 0 Å². The third-order valence-electron chi connectivity index (χ3n) is 4.40. The van der Waals surface area contributed by atoms with Crippen LogP contribution in [0.3, 0.4) is 0 Å². The van der Waals surface area contributed by atoms with E-state index < -0.39 is 11.9 Å². The average Bonchev–Trinajstić information content (AvgIpc) is 2.81. The van der Waals surface area contributed by atoms with E-state index in [1.54, 1.807) is 0 Å². The van der Waals surface area contributed by atoms with E-state index in [1.165, 1.54) is 68.0 Å². The number of ether oxygens (including phenoxy) is 7. The lowest BCUT2D eigenvalue weighted by Crippen LogP contribution is -2.17. The van der Waals surface area contributed by atoms with Gasteiger partial charge in [-0.1, -0.05) is 0 Å². The maximum absolute atomic E-state index is 13.1. The zero-order chi connectivity index (χ0) is 23.1. The Morgan fingerprint density at radius 2 is 1.13 bits per heavy atom. The largest absolute Gasteiger partial charge is 0.493 e. The zero-order valence-corrected chi connectivity index (χ0v) is 18.4. The molecule has 2 aromatic carbocycles. The molecule has 10 heteroatoms. The van der Waals surface area contributed by atoms with Crippen molar-refractivity contribution < 1.29 is 42.7 Å². The van der Waals surface area contributed by atoms with Crippen LogP contribution in [0.15, 0.2) is 18.2 Å². The van der Waals surface area contributed by atoms with Gasteiger partial charge in [0, 0.05) is 11.6 Å². The van der Waals surface area contributed by atoms with E-state index in [0.29, 0.717) is 17.2 Å². The summed E-state index contributed by atoms with van der Waals surface area (Å²) < 4.78 is 36.7. The number of rotatable bonds is 9. The lowest BCUT2D eigenvalue weighted by molar-refractivity contribution is 0.0601. The number of hydrogen-bond acceptors (Lipinski definition) is 9. The van der Waals surface area contributed by atoms with E-state index in [9.17, 15) is 9.59 Å². The molecule has 0 aliphatic heterocycles. The topological polar surface area (TPSA) is 111 Å². The quantitative estimate of drug-likeness (QED) is 0.594. The second-order valence-corrected chi connectivity index (χ2v) is 5.93. The smallest absolute Gasteiger partial charge is 0.340 e. The Hall–Kier alpha value is -3.82. The summed E-state index contributed by atoms with van der Waals surface area (Å²) in [5.74, 6) is 0.139. The van der Waals surface area contributed by atoms with Crippen LogP contribution in [0.2, 0.25) is 0 Å². The molecular weight excluding hydrogens is 410 g/mol. The van der Waals surface area contributed by atoms with Crippen molar-refractivity contribution in [3.05, 3.63) is 29.3 Å². The minimum atomic E-state index is -0.709. The predicted octanol–water partition coefficient (Wildman–Crippen LogP) is 2.78. The molecule has 0 aliphatic carbocycles.